The van der Waals surface area contributed by atoms with Gasteiger partial charge in [0, 0.05) is 12.5 Å². The summed E-state index contributed by atoms with van der Waals surface area (Å²) in [6, 6.07) is 3.66. The van der Waals surface area contributed by atoms with Crippen LogP contribution in [0.15, 0.2) is 12.1 Å². The molecule has 1 N–H and O–H groups in total. The van der Waals surface area contributed by atoms with Crippen molar-refractivity contribution < 1.29 is 19.0 Å². The van der Waals surface area contributed by atoms with Gasteiger partial charge in [0.15, 0.2) is 11.5 Å². The van der Waals surface area contributed by atoms with Gasteiger partial charge in [0.05, 0.1) is 21.3 Å². The highest BCUT2D eigenvalue weighted by Crippen LogP contribution is 2.38. The number of benzene rings is 1. The second-order valence-electron chi connectivity index (χ2n) is 4.56. The monoisotopic (exact) mass is 281 g/mol. The third-order valence-corrected chi connectivity index (χ3v) is 3.25. The maximum Gasteiger partial charge on any atom is 0.223 e. The van der Waals surface area contributed by atoms with Gasteiger partial charge in [0.1, 0.15) is 0 Å². The minimum Gasteiger partial charge on any atom is -0.493 e. The van der Waals surface area contributed by atoms with Crippen molar-refractivity contribution in [1.82, 2.24) is 5.32 Å². The van der Waals surface area contributed by atoms with Crippen molar-refractivity contribution >= 4 is 5.91 Å². The third-order valence-electron chi connectivity index (χ3n) is 3.25. The van der Waals surface area contributed by atoms with Crippen LogP contribution in [0.5, 0.6) is 17.2 Å². The summed E-state index contributed by atoms with van der Waals surface area (Å²) in [6.07, 6.45) is 0.821. The molecule has 0 radical (unpaired) electrons. The highest BCUT2D eigenvalue weighted by Gasteiger charge is 2.14. The molecule has 1 unspecified atom stereocenters. The quantitative estimate of drug-likeness (QED) is 0.833. The smallest absolute Gasteiger partial charge is 0.223 e. The zero-order valence-corrected chi connectivity index (χ0v) is 12.8. The molecule has 0 aromatic heterocycles. The molecule has 5 heteroatoms. The van der Waals surface area contributed by atoms with Crippen LogP contribution in [-0.2, 0) is 11.3 Å². The molecule has 1 rings (SSSR count). The largest absolute Gasteiger partial charge is 0.493 e. The van der Waals surface area contributed by atoms with Crippen molar-refractivity contribution in [1.29, 1.82) is 0 Å². The summed E-state index contributed by atoms with van der Waals surface area (Å²) < 4.78 is 15.8. The lowest BCUT2D eigenvalue weighted by molar-refractivity contribution is -0.124. The molecule has 0 aliphatic carbocycles. The Hall–Kier alpha value is -1.91. The topological polar surface area (TPSA) is 56.8 Å². The number of rotatable bonds is 7. The van der Waals surface area contributed by atoms with Gasteiger partial charge in [-0.1, -0.05) is 13.8 Å². The van der Waals surface area contributed by atoms with Crippen LogP contribution in [-0.4, -0.2) is 27.2 Å². The molecule has 0 heterocycles. The van der Waals surface area contributed by atoms with Crippen molar-refractivity contribution in [2.24, 2.45) is 5.92 Å². The van der Waals surface area contributed by atoms with Crippen LogP contribution in [0.2, 0.25) is 0 Å². The Morgan fingerprint density at radius 1 is 1.15 bits per heavy atom. The van der Waals surface area contributed by atoms with E-state index in [0.29, 0.717) is 23.8 Å². The Bertz CT molecular complexity index is 434. The van der Waals surface area contributed by atoms with Crippen LogP contribution in [0.25, 0.3) is 0 Å². The molecule has 1 aromatic rings. The molecule has 0 fully saturated rings. The van der Waals surface area contributed by atoms with Gasteiger partial charge in [-0.05, 0) is 24.1 Å². The Kier molecular flexibility index (Phi) is 6.15. The highest BCUT2D eigenvalue weighted by molar-refractivity contribution is 5.78. The minimum absolute atomic E-state index is 0.0111. The van der Waals surface area contributed by atoms with Gasteiger partial charge >= 0.3 is 0 Å². The fourth-order valence-corrected chi connectivity index (χ4v) is 1.79. The highest BCUT2D eigenvalue weighted by atomic mass is 16.5. The first-order valence-corrected chi connectivity index (χ1v) is 6.63. The molecule has 0 aliphatic rings. The number of carbonyl (C=O) groups is 1. The zero-order chi connectivity index (χ0) is 15.1. The number of ether oxygens (including phenoxy) is 3. The van der Waals surface area contributed by atoms with Crippen LogP contribution in [0.4, 0.5) is 0 Å². The van der Waals surface area contributed by atoms with E-state index >= 15 is 0 Å². The summed E-state index contributed by atoms with van der Waals surface area (Å²) in [5, 5.41) is 2.90. The maximum absolute atomic E-state index is 11.8. The molecule has 20 heavy (non-hydrogen) atoms. The van der Waals surface area contributed by atoms with E-state index < -0.39 is 0 Å². The predicted molar refractivity (Wildman–Crippen MR) is 77.4 cm³/mol. The van der Waals surface area contributed by atoms with E-state index in [1.165, 1.54) is 0 Å². The first-order valence-electron chi connectivity index (χ1n) is 6.63. The lowest BCUT2D eigenvalue weighted by atomic mass is 10.1. The van der Waals surface area contributed by atoms with Crippen LogP contribution < -0.4 is 19.5 Å². The molecule has 1 atom stereocenters. The molecule has 0 saturated heterocycles. The van der Waals surface area contributed by atoms with Crippen LogP contribution in [0, 0.1) is 5.92 Å². The predicted octanol–water partition coefficient (Wildman–Crippen LogP) is 2.37. The first kappa shape index (κ1) is 16.1. The molecule has 0 saturated carbocycles. The first-order chi connectivity index (χ1) is 9.57. The van der Waals surface area contributed by atoms with E-state index in [2.05, 4.69) is 5.32 Å². The Balaban J connectivity index is 2.88. The van der Waals surface area contributed by atoms with Gasteiger partial charge < -0.3 is 19.5 Å². The normalized spacial score (nSPS) is 11.7. The van der Waals surface area contributed by atoms with E-state index in [9.17, 15) is 4.79 Å². The molecule has 1 amide bonds. The van der Waals surface area contributed by atoms with E-state index in [4.69, 9.17) is 14.2 Å². The Morgan fingerprint density at radius 2 is 1.70 bits per heavy atom. The Morgan fingerprint density at radius 3 is 2.10 bits per heavy atom. The lowest BCUT2D eigenvalue weighted by Crippen LogP contribution is -2.28. The molecule has 0 spiro atoms. The number of hydrogen-bond acceptors (Lipinski definition) is 4. The van der Waals surface area contributed by atoms with E-state index in [1.54, 1.807) is 21.3 Å². The number of amides is 1. The van der Waals surface area contributed by atoms with Crippen LogP contribution >= 0.6 is 0 Å². The summed E-state index contributed by atoms with van der Waals surface area (Å²) in [6.45, 7) is 4.33. The number of methoxy groups -OCH3 is 3. The average molecular weight is 281 g/mol. The van der Waals surface area contributed by atoms with Crippen molar-refractivity contribution in [2.75, 3.05) is 21.3 Å². The van der Waals surface area contributed by atoms with Crippen molar-refractivity contribution in [3.05, 3.63) is 17.7 Å². The minimum atomic E-state index is 0.0111. The molecule has 5 nitrogen and oxygen atoms in total. The lowest BCUT2D eigenvalue weighted by Gasteiger charge is -2.15. The van der Waals surface area contributed by atoms with Crippen LogP contribution in [0.1, 0.15) is 25.8 Å². The number of nitrogens with one attached hydrogen (secondary N) is 1. The SMILES string of the molecule is CCC(C)C(=O)NCc1cc(OC)c(OC)c(OC)c1. The molecule has 0 bridgehead atoms. The molecule has 1 aromatic carbocycles. The summed E-state index contributed by atoms with van der Waals surface area (Å²) in [7, 11) is 4.70. The van der Waals surface area contributed by atoms with Crippen molar-refractivity contribution in [3.8, 4) is 17.2 Å². The second kappa shape index (κ2) is 7.62. The third kappa shape index (κ3) is 3.79. The van der Waals surface area contributed by atoms with Crippen molar-refractivity contribution in [2.45, 2.75) is 26.8 Å². The van der Waals surface area contributed by atoms with Crippen LogP contribution in [0.3, 0.4) is 0 Å². The summed E-state index contributed by atoms with van der Waals surface area (Å²) in [5.74, 6) is 1.77. The summed E-state index contributed by atoms with van der Waals surface area (Å²) in [5.41, 5.74) is 0.899. The number of hydrogen-bond donors (Lipinski definition) is 1. The van der Waals surface area contributed by atoms with Gasteiger partial charge in [0.2, 0.25) is 11.7 Å². The number of carbonyl (C=O) groups excluding carboxylic acids is 1. The standard InChI is InChI=1S/C15H23NO4/c1-6-10(2)15(17)16-9-11-7-12(18-3)14(20-5)13(8-11)19-4/h7-8,10H,6,9H2,1-5H3,(H,16,17). The van der Waals surface area contributed by atoms with Gasteiger partial charge in [0.25, 0.3) is 0 Å². The van der Waals surface area contributed by atoms with E-state index in [0.717, 1.165) is 12.0 Å². The molecule has 0 aliphatic heterocycles. The average Bonchev–Trinajstić information content (AvgIpc) is 2.50. The van der Waals surface area contributed by atoms with E-state index in [-0.39, 0.29) is 11.8 Å². The van der Waals surface area contributed by atoms with Gasteiger partial charge in [-0.3, -0.25) is 4.79 Å². The molecular weight excluding hydrogens is 258 g/mol. The maximum atomic E-state index is 11.8. The second-order valence-corrected chi connectivity index (χ2v) is 4.56. The fraction of sp³-hybridized carbons (Fsp3) is 0.533. The molecule has 112 valence electrons. The Labute approximate surface area is 120 Å². The fourth-order valence-electron chi connectivity index (χ4n) is 1.79. The summed E-state index contributed by atoms with van der Waals surface area (Å²) in [4.78, 5) is 11.8. The summed E-state index contributed by atoms with van der Waals surface area (Å²) >= 11 is 0. The molecular formula is C15H23NO4. The van der Waals surface area contributed by atoms with Crippen molar-refractivity contribution in [3.63, 3.8) is 0 Å². The van der Waals surface area contributed by atoms with Gasteiger partial charge in [-0.25, -0.2) is 0 Å². The van der Waals surface area contributed by atoms with E-state index in [1.807, 2.05) is 26.0 Å². The zero-order valence-electron chi connectivity index (χ0n) is 12.8. The van der Waals surface area contributed by atoms with Gasteiger partial charge in [-0.2, -0.15) is 0 Å². The van der Waals surface area contributed by atoms with Gasteiger partial charge in [-0.15, -0.1) is 0 Å².